The lowest BCUT2D eigenvalue weighted by Gasteiger charge is -2.25. The molecule has 0 saturated carbocycles. The van der Waals surface area contributed by atoms with Gasteiger partial charge in [-0.25, -0.2) is 0 Å². The molecule has 0 aliphatic carbocycles. The zero-order chi connectivity index (χ0) is 8.27. The molecule has 0 saturated heterocycles. The Hall–Kier alpha value is -0.180. The normalized spacial score (nSPS) is 23.4. The summed E-state index contributed by atoms with van der Waals surface area (Å²) in [6, 6.07) is 0. The van der Waals surface area contributed by atoms with Gasteiger partial charge >= 0.3 is 0 Å². The predicted octanol–water partition coefficient (Wildman–Crippen LogP) is 2.53. The van der Waals surface area contributed by atoms with Gasteiger partial charge < -0.3 is 4.90 Å². The van der Waals surface area contributed by atoms with Crippen molar-refractivity contribution in [2.24, 2.45) is 0 Å². The zero-order valence-electron chi connectivity index (χ0n) is 7.13. The Morgan fingerprint density at radius 1 is 1.45 bits per heavy atom. The van der Waals surface area contributed by atoms with E-state index in [-0.39, 0.29) is 0 Å². The third kappa shape index (κ3) is 2.12. The van der Waals surface area contributed by atoms with Crippen LogP contribution in [-0.4, -0.2) is 21.5 Å². The van der Waals surface area contributed by atoms with Crippen LogP contribution in [0.1, 0.15) is 26.7 Å². The molecule has 1 atom stereocenters. The van der Waals surface area contributed by atoms with Gasteiger partial charge in [-0.2, -0.15) is 0 Å². The first-order valence-electron chi connectivity index (χ1n) is 4.14. The SMILES string of the molecule is CCCCN1C=CN(Br)C1C. The van der Waals surface area contributed by atoms with Gasteiger partial charge in [0, 0.05) is 18.9 Å². The van der Waals surface area contributed by atoms with Gasteiger partial charge in [-0.3, -0.25) is 3.93 Å². The smallest absolute Gasteiger partial charge is 0.108 e. The minimum atomic E-state index is 0.474. The van der Waals surface area contributed by atoms with E-state index in [2.05, 4.69) is 47.3 Å². The van der Waals surface area contributed by atoms with Crippen molar-refractivity contribution >= 4 is 16.1 Å². The summed E-state index contributed by atoms with van der Waals surface area (Å²) in [6.45, 7) is 5.57. The third-order valence-corrected chi connectivity index (χ3v) is 2.84. The summed E-state index contributed by atoms with van der Waals surface area (Å²) in [5, 5.41) is 0. The van der Waals surface area contributed by atoms with Crippen LogP contribution >= 0.6 is 16.1 Å². The van der Waals surface area contributed by atoms with E-state index in [1.807, 2.05) is 3.93 Å². The highest BCUT2D eigenvalue weighted by Crippen LogP contribution is 2.18. The molecule has 2 nitrogen and oxygen atoms in total. The predicted molar refractivity (Wildman–Crippen MR) is 51.0 cm³/mol. The Labute approximate surface area is 77.2 Å². The fourth-order valence-electron chi connectivity index (χ4n) is 1.14. The molecule has 3 heteroatoms. The van der Waals surface area contributed by atoms with Gasteiger partial charge in [0.05, 0.1) is 16.1 Å². The molecule has 0 radical (unpaired) electrons. The first kappa shape index (κ1) is 8.91. The van der Waals surface area contributed by atoms with Gasteiger partial charge in [-0.1, -0.05) is 13.3 Å². The molecule has 0 bridgehead atoms. The molecular formula is C8H15BrN2. The molecule has 0 spiro atoms. The average molecular weight is 219 g/mol. The van der Waals surface area contributed by atoms with Crippen molar-refractivity contribution in [3.63, 3.8) is 0 Å². The maximum Gasteiger partial charge on any atom is 0.108 e. The molecule has 0 amide bonds. The van der Waals surface area contributed by atoms with E-state index in [4.69, 9.17) is 0 Å². The number of rotatable bonds is 3. The van der Waals surface area contributed by atoms with E-state index in [1.54, 1.807) is 0 Å². The van der Waals surface area contributed by atoms with Crippen molar-refractivity contribution in [1.29, 1.82) is 0 Å². The molecule has 0 aromatic heterocycles. The maximum absolute atomic E-state index is 3.44. The van der Waals surface area contributed by atoms with E-state index in [9.17, 15) is 0 Å². The Morgan fingerprint density at radius 2 is 2.18 bits per heavy atom. The fourth-order valence-corrected chi connectivity index (χ4v) is 1.48. The van der Waals surface area contributed by atoms with Crippen LogP contribution in [0.15, 0.2) is 12.4 Å². The minimum absolute atomic E-state index is 0.474. The lowest BCUT2D eigenvalue weighted by Crippen LogP contribution is -2.31. The second-order valence-corrected chi connectivity index (χ2v) is 3.68. The van der Waals surface area contributed by atoms with Crippen LogP contribution in [0.4, 0.5) is 0 Å². The molecule has 0 N–H and O–H groups in total. The first-order chi connectivity index (χ1) is 5.25. The fraction of sp³-hybridized carbons (Fsp3) is 0.750. The third-order valence-electron chi connectivity index (χ3n) is 2.01. The van der Waals surface area contributed by atoms with Crippen molar-refractivity contribution in [3.8, 4) is 0 Å². The molecule has 11 heavy (non-hydrogen) atoms. The van der Waals surface area contributed by atoms with Crippen LogP contribution in [0.25, 0.3) is 0 Å². The van der Waals surface area contributed by atoms with Gasteiger partial charge in [0.2, 0.25) is 0 Å². The molecule has 1 rings (SSSR count). The standard InChI is InChI=1S/C8H15BrN2/c1-3-4-5-10-6-7-11(9)8(10)2/h6-8H,3-5H2,1-2H3. The van der Waals surface area contributed by atoms with Crippen LogP contribution < -0.4 is 0 Å². The highest BCUT2D eigenvalue weighted by molar-refractivity contribution is 9.07. The van der Waals surface area contributed by atoms with Crippen molar-refractivity contribution in [1.82, 2.24) is 8.83 Å². The van der Waals surface area contributed by atoms with Crippen LogP contribution in [0.5, 0.6) is 0 Å². The van der Waals surface area contributed by atoms with E-state index in [0.717, 1.165) is 6.54 Å². The maximum atomic E-state index is 3.44. The van der Waals surface area contributed by atoms with Gasteiger partial charge in [0.15, 0.2) is 0 Å². The molecule has 0 fully saturated rings. The summed E-state index contributed by atoms with van der Waals surface area (Å²) in [7, 11) is 0. The lowest BCUT2D eigenvalue weighted by molar-refractivity contribution is 0.246. The van der Waals surface area contributed by atoms with E-state index in [0.29, 0.717) is 6.17 Å². The van der Waals surface area contributed by atoms with Gasteiger partial charge in [0.25, 0.3) is 0 Å². The van der Waals surface area contributed by atoms with Crippen LogP contribution in [-0.2, 0) is 0 Å². The highest BCUT2D eigenvalue weighted by atomic mass is 79.9. The quantitative estimate of drug-likeness (QED) is 0.673. The molecule has 1 unspecified atom stereocenters. The topological polar surface area (TPSA) is 6.48 Å². The summed E-state index contributed by atoms with van der Waals surface area (Å²) >= 11 is 3.44. The Morgan fingerprint density at radius 3 is 2.64 bits per heavy atom. The van der Waals surface area contributed by atoms with Gasteiger partial charge in [-0.15, -0.1) is 0 Å². The molecule has 1 aliphatic rings. The second-order valence-electron chi connectivity index (χ2n) is 2.87. The van der Waals surface area contributed by atoms with Crippen LogP contribution in [0.3, 0.4) is 0 Å². The Bertz CT molecular complexity index is 147. The van der Waals surface area contributed by atoms with Gasteiger partial charge in [0.1, 0.15) is 6.17 Å². The van der Waals surface area contributed by atoms with Crippen molar-refractivity contribution in [2.45, 2.75) is 32.9 Å². The zero-order valence-corrected chi connectivity index (χ0v) is 8.71. The average Bonchev–Trinajstić information content (AvgIpc) is 2.31. The molecule has 1 aliphatic heterocycles. The number of nitrogens with zero attached hydrogens (tertiary/aromatic N) is 2. The number of hydrogen-bond acceptors (Lipinski definition) is 2. The number of halogens is 1. The Balaban J connectivity index is 2.31. The van der Waals surface area contributed by atoms with E-state index in [1.165, 1.54) is 12.8 Å². The van der Waals surface area contributed by atoms with Gasteiger partial charge in [-0.05, 0) is 13.3 Å². The Kier molecular flexibility index (Phi) is 3.24. The van der Waals surface area contributed by atoms with Crippen molar-refractivity contribution in [3.05, 3.63) is 12.4 Å². The monoisotopic (exact) mass is 218 g/mol. The number of hydrogen-bond donors (Lipinski definition) is 0. The summed E-state index contributed by atoms with van der Waals surface area (Å²) < 4.78 is 2.04. The molecular weight excluding hydrogens is 204 g/mol. The molecule has 0 aromatic rings. The van der Waals surface area contributed by atoms with Crippen molar-refractivity contribution < 1.29 is 0 Å². The molecule has 0 aromatic carbocycles. The molecule has 1 heterocycles. The largest absolute Gasteiger partial charge is 0.355 e. The van der Waals surface area contributed by atoms with E-state index < -0.39 is 0 Å². The summed E-state index contributed by atoms with van der Waals surface area (Å²) in [5.41, 5.74) is 0. The lowest BCUT2D eigenvalue weighted by atomic mass is 10.3. The minimum Gasteiger partial charge on any atom is -0.355 e. The van der Waals surface area contributed by atoms with Crippen LogP contribution in [0.2, 0.25) is 0 Å². The number of unbranched alkanes of at least 4 members (excludes halogenated alkanes) is 1. The highest BCUT2D eigenvalue weighted by Gasteiger charge is 2.18. The van der Waals surface area contributed by atoms with Crippen LogP contribution in [0, 0.1) is 0 Å². The summed E-state index contributed by atoms with van der Waals surface area (Å²) in [6.07, 6.45) is 7.20. The molecule has 64 valence electrons. The first-order valence-corrected chi connectivity index (χ1v) is 4.85. The van der Waals surface area contributed by atoms with E-state index >= 15 is 0 Å². The summed E-state index contributed by atoms with van der Waals surface area (Å²) in [5.74, 6) is 0. The summed E-state index contributed by atoms with van der Waals surface area (Å²) in [4.78, 5) is 2.33. The second kappa shape index (κ2) is 4.00. The van der Waals surface area contributed by atoms with Crippen molar-refractivity contribution in [2.75, 3.05) is 6.54 Å².